The van der Waals surface area contributed by atoms with Gasteiger partial charge in [0.2, 0.25) is 0 Å². The van der Waals surface area contributed by atoms with E-state index in [9.17, 15) is 14.4 Å². The van der Waals surface area contributed by atoms with Crippen LogP contribution in [0.5, 0.6) is 0 Å². The van der Waals surface area contributed by atoms with Crippen molar-refractivity contribution in [1.29, 1.82) is 0 Å². The van der Waals surface area contributed by atoms with Gasteiger partial charge in [0, 0.05) is 23.3 Å². The fourth-order valence-electron chi connectivity index (χ4n) is 2.64. The largest absolute Gasteiger partial charge is 0.349 e. The predicted molar refractivity (Wildman–Crippen MR) is 109 cm³/mol. The van der Waals surface area contributed by atoms with Crippen LogP contribution >= 0.6 is 0 Å². The van der Waals surface area contributed by atoms with Crippen LogP contribution in [0.15, 0.2) is 48.5 Å². The summed E-state index contributed by atoms with van der Waals surface area (Å²) in [6, 6.07) is 13.4. The molecule has 0 aliphatic heterocycles. The Hall–Kier alpha value is -3.35. The molecule has 2 aromatic rings. The summed E-state index contributed by atoms with van der Waals surface area (Å²) in [5, 5.41) is 11.1. The van der Waals surface area contributed by atoms with Crippen molar-refractivity contribution in [2.75, 3.05) is 10.6 Å². The second-order valence-corrected chi connectivity index (χ2v) is 7.08. The van der Waals surface area contributed by atoms with Crippen molar-refractivity contribution in [3.8, 4) is 0 Å². The van der Waals surface area contributed by atoms with Crippen molar-refractivity contribution in [2.45, 2.75) is 38.8 Å². The van der Waals surface area contributed by atoms with E-state index < -0.39 is 0 Å². The zero-order chi connectivity index (χ0) is 20.1. The number of urea groups is 1. The third-order valence-electron chi connectivity index (χ3n) is 4.13. The first-order valence-electron chi connectivity index (χ1n) is 9.31. The van der Waals surface area contributed by atoms with Crippen LogP contribution in [0.4, 0.5) is 16.2 Å². The van der Waals surface area contributed by atoms with Crippen molar-refractivity contribution < 1.29 is 14.4 Å². The maximum Gasteiger partial charge on any atom is 0.319 e. The summed E-state index contributed by atoms with van der Waals surface area (Å²) in [5.41, 5.74) is 1.75. The van der Waals surface area contributed by atoms with Crippen molar-refractivity contribution in [2.24, 2.45) is 0 Å². The Morgan fingerprint density at radius 3 is 2.39 bits per heavy atom. The molecule has 1 aliphatic carbocycles. The number of rotatable bonds is 6. The van der Waals surface area contributed by atoms with Gasteiger partial charge < -0.3 is 21.3 Å². The Bertz CT molecular complexity index is 891. The first-order valence-corrected chi connectivity index (χ1v) is 9.31. The standard InChI is InChI=1S/C21H24N4O3/c1-13(2)22-21(28)24-16-7-5-6-14(12-16)19(26)25-18-9-4-3-8-17(18)20(27)23-15-10-11-15/h3-9,12-13,15H,10-11H2,1-2H3,(H,23,27)(H,25,26)(H2,22,24,28). The van der Waals surface area contributed by atoms with Crippen LogP contribution in [0.2, 0.25) is 0 Å². The van der Waals surface area contributed by atoms with Crippen molar-refractivity contribution >= 4 is 29.2 Å². The topological polar surface area (TPSA) is 99.3 Å². The summed E-state index contributed by atoms with van der Waals surface area (Å²) in [5.74, 6) is -0.557. The first-order chi connectivity index (χ1) is 13.4. The van der Waals surface area contributed by atoms with Crippen molar-refractivity contribution in [3.05, 3.63) is 59.7 Å². The molecule has 28 heavy (non-hydrogen) atoms. The molecule has 146 valence electrons. The van der Waals surface area contributed by atoms with Gasteiger partial charge in [0.1, 0.15) is 0 Å². The maximum absolute atomic E-state index is 12.7. The van der Waals surface area contributed by atoms with Gasteiger partial charge >= 0.3 is 6.03 Å². The van der Waals surface area contributed by atoms with Crippen LogP contribution < -0.4 is 21.3 Å². The van der Waals surface area contributed by atoms with E-state index in [1.54, 1.807) is 48.5 Å². The number of amides is 4. The number of para-hydroxylation sites is 1. The van der Waals surface area contributed by atoms with Crippen LogP contribution in [0.25, 0.3) is 0 Å². The number of nitrogens with one attached hydrogen (secondary N) is 4. The minimum atomic E-state index is -0.361. The van der Waals surface area contributed by atoms with Crippen LogP contribution in [0.1, 0.15) is 47.4 Å². The van der Waals surface area contributed by atoms with Crippen molar-refractivity contribution in [3.63, 3.8) is 0 Å². The minimum Gasteiger partial charge on any atom is -0.349 e. The van der Waals surface area contributed by atoms with Gasteiger partial charge in [-0.3, -0.25) is 9.59 Å². The number of carbonyl (C=O) groups is 3. The van der Waals surface area contributed by atoms with Crippen LogP contribution in [-0.2, 0) is 0 Å². The minimum absolute atomic E-state index is 0.00442. The number of benzene rings is 2. The molecule has 7 nitrogen and oxygen atoms in total. The molecule has 2 aromatic carbocycles. The average molecular weight is 380 g/mol. The molecule has 4 N–H and O–H groups in total. The summed E-state index contributed by atoms with van der Waals surface area (Å²) in [6.07, 6.45) is 1.98. The molecular formula is C21H24N4O3. The van der Waals surface area contributed by atoms with Gasteiger partial charge in [-0.1, -0.05) is 18.2 Å². The molecule has 7 heteroatoms. The number of hydrogen-bond donors (Lipinski definition) is 4. The Morgan fingerprint density at radius 2 is 1.68 bits per heavy atom. The maximum atomic E-state index is 12.7. The lowest BCUT2D eigenvalue weighted by molar-refractivity contribution is 0.0952. The van der Waals surface area contributed by atoms with Crippen molar-refractivity contribution in [1.82, 2.24) is 10.6 Å². The van der Waals surface area contributed by atoms with Gasteiger partial charge in [0.15, 0.2) is 0 Å². The van der Waals surface area contributed by atoms with Gasteiger partial charge in [-0.2, -0.15) is 0 Å². The number of carbonyl (C=O) groups excluding carboxylic acids is 3. The van der Waals surface area contributed by atoms with Gasteiger partial charge in [0.25, 0.3) is 11.8 Å². The van der Waals surface area contributed by atoms with E-state index >= 15 is 0 Å². The molecule has 0 spiro atoms. The molecule has 0 bridgehead atoms. The Balaban J connectivity index is 1.70. The van der Waals surface area contributed by atoms with E-state index in [-0.39, 0.29) is 29.9 Å². The van der Waals surface area contributed by atoms with Gasteiger partial charge in [0.05, 0.1) is 11.3 Å². The highest BCUT2D eigenvalue weighted by atomic mass is 16.2. The number of anilines is 2. The molecule has 4 amide bonds. The van der Waals surface area contributed by atoms with Crippen LogP contribution in [-0.4, -0.2) is 29.9 Å². The normalized spacial score (nSPS) is 13.0. The molecule has 0 atom stereocenters. The fourth-order valence-corrected chi connectivity index (χ4v) is 2.64. The molecule has 0 aromatic heterocycles. The van der Waals surface area contributed by atoms with Crippen LogP contribution in [0.3, 0.4) is 0 Å². The molecule has 0 heterocycles. The molecule has 1 aliphatic rings. The zero-order valence-corrected chi connectivity index (χ0v) is 15.9. The average Bonchev–Trinajstić information content (AvgIpc) is 3.45. The van der Waals surface area contributed by atoms with E-state index in [1.807, 2.05) is 13.8 Å². The van der Waals surface area contributed by atoms with Gasteiger partial charge in [-0.25, -0.2) is 4.79 Å². The molecule has 0 unspecified atom stereocenters. The highest BCUT2D eigenvalue weighted by molar-refractivity contribution is 6.09. The lowest BCUT2D eigenvalue weighted by Crippen LogP contribution is -2.34. The SMILES string of the molecule is CC(C)NC(=O)Nc1cccc(C(=O)Nc2ccccc2C(=O)NC2CC2)c1. The summed E-state index contributed by atoms with van der Waals surface area (Å²) in [7, 11) is 0. The fraction of sp³-hybridized carbons (Fsp3) is 0.286. The molecule has 0 saturated heterocycles. The summed E-state index contributed by atoms with van der Waals surface area (Å²) in [6.45, 7) is 3.72. The van der Waals surface area contributed by atoms with E-state index in [2.05, 4.69) is 21.3 Å². The summed E-state index contributed by atoms with van der Waals surface area (Å²) < 4.78 is 0. The van der Waals surface area contributed by atoms with Gasteiger partial charge in [-0.15, -0.1) is 0 Å². The third kappa shape index (κ3) is 5.33. The van der Waals surface area contributed by atoms with E-state index in [4.69, 9.17) is 0 Å². The predicted octanol–water partition coefficient (Wildman–Crippen LogP) is 3.36. The number of hydrogen-bond acceptors (Lipinski definition) is 3. The lowest BCUT2D eigenvalue weighted by atomic mass is 10.1. The summed E-state index contributed by atoms with van der Waals surface area (Å²) >= 11 is 0. The summed E-state index contributed by atoms with van der Waals surface area (Å²) in [4.78, 5) is 36.9. The second kappa shape index (κ2) is 8.56. The highest BCUT2D eigenvalue weighted by Crippen LogP contribution is 2.22. The van der Waals surface area contributed by atoms with E-state index in [1.165, 1.54) is 0 Å². The van der Waals surface area contributed by atoms with Crippen LogP contribution in [0, 0.1) is 0 Å². The molecule has 1 saturated carbocycles. The van der Waals surface area contributed by atoms with E-state index in [0.717, 1.165) is 12.8 Å². The Labute approximate surface area is 163 Å². The molecular weight excluding hydrogens is 356 g/mol. The quantitative estimate of drug-likeness (QED) is 0.618. The lowest BCUT2D eigenvalue weighted by Gasteiger charge is -2.13. The third-order valence-corrected chi connectivity index (χ3v) is 4.13. The Kier molecular flexibility index (Phi) is 5.93. The smallest absolute Gasteiger partial charge is 0.319 e. The molecule has 3 rings (SSSR count). The highest BCUT2D eigenvalue weighted by Gasteiger charge is 2.25. The van der Waals surface area contributed by atoms with Gasteiger partial charge in [-0.05, 0) is 57.0 Å². The monoisotopic (exact) mass is 380 g/mol. The van der Waals surface area contributed by atoms with E-state index in [0.29, 0.717) is 22.5 Å². The Morgan fingerprint density at radius 1 is 0.929 bits per heavy atom. The molecule has 1 fully saturated rings. The zero-order valence-electron chi connectivity index (χ0n) is 15.9. The second-order valence-electron chi connectivity index (χ2n) is 7.08. The first kappa shape index (κ1) is 19.4. The molecule has 0 radical (unpaired) electrons.